The molecule has 3 nitrogen and oxygen atoms in total. The third-order valence-electron chi connectivity index (χ3n) is 2.40. The van der Waals surface area contributed by atoms with Crippen molar-refractivity contribution in [3.8, 4) is 0 Å². The van der Waals surface area contributed by atoms with Crippen molar-refractivity contribution in [2.24, 2.45) is 0 Å². The Morgan fingerprint density at radius 3 is 2.76 bits per heavy atom. The minimum Gasteiger partial charge on any atom is -0.398 e. The maximum atomic E-state index is 12.2. The first-order chi connectivity index (χ1) is 8.22. The van der Waals surface area contributed by atoms with Gasteiger partial charge >= 0.3 is 0 Å². The molecule has 17 heavy (non-hydrogen) atoms. The summed E-state index contributed by atoms with van der Waals surface area (Å²) in [6.45, 7) is 0. The molecular formula is C13H12N2OS. The lowest BCUT2D eigenvalue weighted by Crippen LogP contribution is -2.07. The highest BCUT2D eigenvalue weighted by Gasteiger charge is 2.13. The molecule has 0 saturated carbocycles. The topological polar surface area (TPSA) is 56.0 Å². The predicted molar refractivity (Wildman–Crippen MR) is 70.3 cm³/mol. The average molecular weight is 244 g/mol. The van der Waals surface area contributed by atoms with Crippen molar-refractivity contribution in [3.63, 3.8) is 0 Å². The van der Waals surface area contributed by atoms with Crippen LogP contribution < -0.4 is 5.73 Å². The zero-order chi connectivity index (χ0) is 12.3. The molecule has 0 spiro atoms. The van der Waals surface area contributed by atoms with E-state index in [4.69, 9.17) is 5.73 Å². The number of thioether (sulfide) groups is 1. The van der Waals surface area contributed by atoms with Gasteiger partial charge in [-0.1, -0.05) is 6.07 Å². The van der Waals surface area contributed by atoms with Crippen LogP contribution in [0.25, 0.3) is 0 Å². The number of nitrogens with two attached hydrogens (primary N) is 1. The Balaban J connectivity index is 2.44. The van der Waals surface area contributed by atoms with Gasteiger partial charge in [0.15, 0.2) is 0 Å². The molecule has 0 aliphatic rings. The van der Waals surface area contributed by atoms with Crippen molar-refractivity contribution < 1.29 is 4.79 Å². The molecule has 1 aromatic carbocycles. The molecule has 0 amide bonds. The normalized spacial score (nSPS) is 10.2. The van der Waals surface area contributed by atoms with E-state index in [0.29, 0.717) is 16.9 Å². The van der Waals surface area contributed by atoms with Crippen LogP contribution in [0.1, 0.15) is 16.1 Å². The Morgan fingerprint density at radius 1 is 1.29 bits per heavy atom. The van der Waals surface area contributed by atoms with E-state index in [1.165, 1.54) is 0 Å². The van der Waals surface area contributed by atoms with Gasteiger partial charge in [-0.05, 0) is 36.6 Å². The van der Waals surface area contributed by atoms with Gasteiger partial charge in [-0.15, -0.1) is 11.8 Å². The number of anilines is 1. The molecule has 0 radical (unpaired) electrons. The monoisotopic (exact) mass is 244 g/mol. The van der Waals surface area contributed by atoms with Crippen LogP contribution >= 0.6 is 11.8 Å². The Bertz CT molecular complexity index is 540. The first-order valence-corrected chi connectivity index (χ1v) is 6.34. The summed E-state index contributed by atoms with van der Waals surface area (Å²) in [5.74, 6) is -0.140. The maximum absolute atomic E-state index is 12.2. The smallest absolute Gasteiger partial charge is 0.213 e. The fraction of sp³-hybridized carbons (Fsp3) is 0.0769. The average Bonchev–Trinajstić information content (AvgIpc) is 2.39. The van der Waals surface area contributed by atoms with Crippen molar-refractivity contribution in [1.29, 1.82) is 0 Å². The number of ketones is 1. The SMILES string of the molecule is CSc1ccc(N)c(C(=O)c2ccccn2)c1. The number of nitrogen functional groups attached to an aromatic ring is 1. The van der Waals surface area contributed by atoms with E-state index < -0.39 is 0 Å². The Morgan fingerprint density at radius 2 is 2.12 bits per heavy atom. The second-order valence-corrected chi connectivity index (χ2v) is 4.38. The lowest BCUT2D eigenvalue weighted by atomic mass is 10.1. The fourth-order valence-electron chi connectivity index (χ4n) is 1.49. The van der Waals surface area contributed by atoms with Gasteiger partial charge in [-0.25, -0.2) is 0 Å². The molecule has 2 N–H and O–H groups in total. The minimum absolute atomic E-state index is 0.140. The summed E-state index contributed by atoms with van der Waals surface area (Å²) in [7, 11) is 0. The molecule has 0 aliphatic carbocycles. The highest BCUT2D eigenvalue weighted by Crippen LogP contribution is 2.22. The molecular weight excluding hydrogens is 232 g/mol. The number of benzene rings is 1. The highest BCUT2D eigenvalue weighted by molar-refractivity contribution is 7.98. The zero-order valence-electron chi connectivity index (χ0n) is 9.38. The van der Waals surface area contributed by atoms with E-state index in [0.717, 1.165) is 4.90 Å². The molecule has 0 atom stereocenters. The van der Waals surface area contributed by atoms with Crippen LogP contribution in [0.5, 0.6) is 0 Å². The number of hydrogen-bond acceptors (Lipinski definition) is 4. The quantitative estimate of drug-likeness (QED) is 0.512. The van der Waals surface area contributed by atoms with E-state index in [2.05, 4.69) is 4.98 Å². The summed E-state index contributed by atoms with van der Waals surface area (Å²) in [4.78, 5) is 17.2. The van der Waals surface area contributed by atoms with Gasteiger partial charge in [-0.3, -0.25) is 9.78 Å². The molecule has 4 heteroatoms. The highest BCUT2D eigenvalue weighted by atomic mass is 32.2. The second kappa shape index (κ2) is 5.01. The molecule has 0 saturated heterocycles. The van der Waals surface area contributed by atoms with Crippen LogP contribution in [0.3, 0.4) is 0 Å². The van der Waals surface area contributed by atoms with Crippen LogP contribution in [-0.4, -0.2) is 17.0 Å². The summed E-state index contributed by atoms with van der Waals surface area (Å²) < 4.78 is 0. The van der Waals surface area contributed by atoms with Gasteiger partial charge in [0.1, 0.15) is 5.69 Å². The zero-order valence-corrected chi connectivity index (χ0v) is 10.2. The molecule has 2 aromatic rings. The van der Waals surface area contributed by atoms with Gasteiger partial charge in [0.25, 0.3) is 0 Å². The lowest BCUT2D eigenvalue weighted by Gasteiger charge is -2.06. The van der Waals surface area contributed by atoms with Gasteiger partial charge in [-0.2, -0.15) is 0 Å². The number of carbonyl (C=O) groups excluding carboxylic acids is 1. The molecule has 0 bridgehead atoms. The third kappa shape index (κ3) is 2.47. The number of hydrogen-bond donors (Lipinski definition) is 1. The number of aromatic nitrogens is 1. The third-order valence-corrected chi connectivity index (χ3v) is 3.13. The van der Waals surface area contributed by atoms with Crippen molar-refractivity contribution in [1.82, 2.24) is 4.98 Å². The van der Waals surface area contributed by atoms with Gasteiger partial charge in [0.05, 0.1) is 0 Å². The van der Waals surface area contributed by atoms with Crippen LogP contribution in [-0.2, 0) is 0 Å². The van der Waals surface area contributed by atoms with E-state index in [9.17, 15) is 4.79 Å². The predicted octanol–water partition coefficient (Wildman–Crippen LogP) is 2.62. The lowest BCUT2D eigenvalue weighted by molar-refractivity contribution is 0.103. The molecule has 86 valence electrons. The summed E-state index contributed by atoms with van der Waals surface area (Å²) in [5, 5.41) is 0. The van der Waals surface area contributed by atoms with Crippen molar-refractivity contribution in [2.45, 2.75) is 4.90 Å². The van der Waals surface area contributed by atoms with Crippen LogP contribution in [0.2, 0.25) is 0 Å². The number of carbonyl (C=O) groups is 1. The first kappa shape index (κ1) is 11.7. The Hall–Kier alpha value is -1.81. The van der Waals surface area contributed by atoms with Gasteiger partial charge in [0, 0.05) is 22.3 Å². The van der Waals surface area contributed by atoms with Crippen molar-refractivity contribution >= 4 is 23.2 Å². The number of nitrogens with zero attached hydrogens (tertiary/aromatic N) is 1. The largest absolute Gasteiger partial charge is 0.398 e. The standard InChI is InChI=1S/C13H12N2OS/c1-17-9-5-6-11(14)10(8-9)13(16)12-4-2-3-7-15-12/h2-8H,14H2,1H3. The van der Waals surface area contributed by atoms with E-state index >= 15 is 0 Å². The molecule has 0 aliphatic heterocycles. The number of pyridine rings is 1. The van der Waals surface area contributed by atoms with E-state index in [1.54, 1.807) is 48.3 Å². The van der Waals surface area contributed by atoms with Crippen molar-refractivity contribution in [2.75, 3.05) is 12.0 Å². The molecule has 2 rings (SSSR count). The summed E-state index contributed by atoms with van der Waals surface area (Å²) in [6.07, 6.45) is 3.56. The minimum atomic E-state index is -0.140. The number of rotatable bonds is 3. The van der Waals surface area contributed by atoms with Crippen molar-refractivity contribution in [3.05, 3.63) is 53.9 Å². The second-order valence-electron chi connectivity index (χ2n) is 3.50. The van der Waals surface area contributed by atoms with Crippen LogP contribution in [0.4, 0.5) is 5.69 Å². The molecule has 1 aromatic heterocycles. The molecule has 0 unspecified atom stereocenters. The molecule has 1 heterocycles. The van der Waals surface area contributed by atoms with Crippen LogP contribution in [0.15, 0.2) is 47.5 Å². The van der Waals surface area contributed by atoms with E-state index in [-0.39, 0.29) is 5.78 Å². The Kier molecular flexibility index (Phi) is 3.44. The molecule has 0 fully saturated rings. The summed E-state index contributed by atoms with van der Waals surface area (Å²) >= 11 is 1.58. The van der Waals surface area contributed by atoms with E-state index in [1.807, 2.05) is 12.3 Å². The fourth-order valence-corrected chi connectivity index (χ4v) is 1.93. The van der Waals surface area contributed by atoms with Gasteiger partial charge < -0.3 is 5.73 Å². The van der Waals surface area contributed by atoms with Crippen LogP contribution in [0, 0.1) is 0 Å². The maximum Gasteiger partial charge on any atom is 0.213 e. The summed E-state index contributed by atoms with van der Waals surface area (Å²) in [5.41, 5.74) is 7.23. The first-order valence-electron chi connectivity index (χ1n) is 5.11. The van der Waals surface area contributed by atoms with Gasteiger partial charge in [0.2, 0.25) is 5.78 Å². The summed E-state index contributed by atoms with van der Waals surface area (Å²) in [6, 6.07) is 10.7. The Labute approximate surface area is 104 Å².